The molecule has 7 atom stereocenters. The molecule has 0 aromatic heterocycles. The number of ether oxygens (including phenoxy) is 1. The number of benzene rings is 2. The molecule has 2 saturated carbocycles. The monoisotopic (exact) mass is 441 g/mol. The van der Waals surface area contributed by atoms with Crippen LogP contribution in [0.3, 0.4) is 0 Å². The van der Waals surface area contributed by atoms with E-state index in [4.69, 9.17) is 4.74 Å². The number of anilines is 1. The smallest absolute Gasteiger partial charge is 0.338 e. The fourth-order valence-electron chi connectivity index (χ4n) is 6.08. The van der Waals surface area contributed by atoms with Crippen molar-refractivity contribution in [3.8, 4) is 0 Å². The largest absolute Gasteiger partial charge is 0.451 e. The summed E-state index contributed by atoms with van der Waals surface area (Å²) in [5.41, 5.74) is 1.20. The maximum atomic E-state index is 13.2. The van der Waals surface area contributed by atoms with Crippen LogP contribution in [0.1, 0.15) is 34.1 Å². The van der Waals surface area contributed by atoms with Crippen LogP contribution in [-0.4, -0.2) is 29.7 Å². The van der Waals surface area contributed by atoms with E-state index in [-0.39, 0.29) is 46.8 Å². The molecular formula is C27H23NO5. The number of ketones is 1. The molecule has 2 amide bonds. The van der Waals surface area contributed by atoms with Gasteiger partial charge in [-0.15, -0.1) is 0 Å². The zero-order valence-corrected chi connectivity index (χ0v) is 18.1. The molecule has 166 valence electrons. The number of carbonyl (C=O) groups is 4. The first-order valence-corrected chi connectivity index (χ1v) is 11.4. The summed E-state index contributed by atoms with van der Waals surface area (Å²) >= 11 is 0. The van der Waals surface area contributed by atoms with E-state index < -0.39 is 12.1 Å². The summed E-state index contributed by atoms with van der Waals surface area (Å²) in [7, 11) is 0. The molecule has 0 N–H and O–H groups in total. The molecule has 4 aliphatic carbocycles. The van der Waals surface area contributed by atoms with Crippen molar-refractivity contribution in [2.24, 2.45) is 35.5 Å². The number of esters is 1. The van der Waals surface area contributed by atoms with Gasteiger partial charge in [-0.2, -0.15) is 0 Å². The zero-order chi connectivity index (χ0) is 22.9. The Kier molecular flexibility index (Phi) is 4.41. The van der Waals surface area contributed by atoms with Gasteiger partial charge < -0.3 is 4.74 Å². The van der Waals surface area contributed by atoms with Crippen molar-refractivity contribution in [1.29, 1.82) is 0 Å². The molecule has 6 heteroatoms. The summed E-state index contributed by atoms with van der Waals surface area (Å²) < 4.78 is 5.35. The minimum atomic E-state index is -0.932. The normalized spacial score (nSPS) is 31.7. The van der Waals surface area contributed by atoms with Gasteiger partial charge in [0.05, 0.1) is 23.1 Å². The van der Waals surface area contributed by atoms with Gasteiger partial charge >= 0.3 is 5.97 Å². The van der Waals surface area contributed by atoms with Gasteiger partial charge in [0.25, 0.3) is 0 Å². The molecule has 1 saturated heterocycles. The summed E-state index contributed by atoms with van der Waals surface area (Å²) in [6, 6.07) is 14.9. The topological polar surface area (TPSA) is 80.8 Å². The second-order valence-electron chi connectivity index (χ2n) is 9.49. The Morgan fingerprint density at radius 3 is 2.00 bits per heavy atom. The second kappa shape index (κ2) is 7.24. The molecule has 5 aliphatic rings. The van der Waals surface area contributed by atoms with Crippen molar-refractivity contribution in [2.45, 2.75) is 19.4 Å². The van der Waals surface area contributed by atoms with Gasteiger partial charge in [-0.05, 0) is 61.3 Å². The van der Waals surface area contributed by atoms with Crippen molar-refractivity contribution < 1.29 is 23.9 Å². The van der Waals surface area contributed by atoms with Crippen LogP contribution in [0.25, 0.3) is 0 Å². The lowest BCUT2D eigenvalue weighted by Crippen LogP contribution is -2.40. The number of nitrogens with zero attached hydrogens (tertiary/aromatic N) is 1. The lowest BCUT2D eigenvalue weighted by Gasteiger charge is -2.37. The predicted octanol–water partition coefficient (Wildman–Crippen LogP) is 3.67. The Bertz CT molecular complexity index is 1160. The number of rotatable bonds is 5. The highest BCUT2D eigenvalue weighted by atomic mass is 16.5. The van der Waals surface area contributed by atoms with E-state index in [0.29, 0.717) is 23.1 Å². The lowest BCUT2D eigenvalue weighted by molar-refractivity contribution is -0.124. The number of Topliss-reactive ketones (excluding diaryl/α,β-unsaturated/α-hetero) is 1. The second-order valence-corrected chi connectivity index (χ2v) is 9.49. The van der Waals surface area contributed by atoms with Gasteiger partial charge in [0, 0.05) is 5.56 Å². The van der Waals surface area contributed by atoms with Gasteiger partial charge in [0.2, 0.25) is 17.6 Å². The van der Waals surface area contributed by atoms with Crippen molar-refractivity contribution in [3.63, 3.8) is 0 Å². The van der Waals surface area contributed by atoms with Gasteiger partial charge in [-0.1, -0.05) is 42.5 Å². The molecule has 2 aromatic carbocycles. The molecule has 33 heavy (non-hydrogen) atoms. The van der Waals surface area contributed by atoms with Crippen molar-refractivity contribution >= 4 is 29.3 Å². The highest BCUT2D eigenvalue weighted by Gasteiger charge is 2.67. The fraction of sp³-hybridized carbons (Fsp3) is 0.333. The Morgan fingerprint density at radius 2 is 1.42 bits per heavy atom. The first-order chi connectivity index (χ1) is 16.0. The van der Waals surface area contributed by atoms with E-state index in [0.717, 1.165) is 6.42 Å². The van der Waals surface area contributed by atoms with Crippen LogP contribution in [0.2, 0.25) is 0 Å². The lowest BCUT2D eigenvalue weighted by atomic mass is 9.63. The molecule has 1 aliphatic heterocycles. The molecule has 0 spiro atoms. The van der Waals surface area contributed by atoms with Crippen LogP contribution in [0.5, 0.6) is 0 Å². The Morgan fingerprint density at radius 1 is 0.848 bits per heavy atom. The third kappa shape index (κ3) is 3.00. The molecule has 0 radical (unpaired) electrons. The van der Waals surface area contributed by atoms with Crippen LogP contribution in [0.4, 0.5) is 5.69 Å². The number of allylic oxidation sites excluding steroid dienone is 2. The van der Waals surface area contributed by atoms with E-state index in [1.807, 2.05) is 6.07 Å². The van der Waals surface area contributed by atoms with E-state index in [1.54, 1.807) is 36.4 Å². The molecule has 3 fully saturated rings. The quantitative estimate of drug-likeness (QED) is 0.306. The van der Waals surface area contributed by atoms with Crippen molar-refractivity contribution in [1.82, 2.24) is 0 Å². The minimum Gasteiger partial charge on any atom is -0.451 e. The average molecular weight is 441 g/mol. The SMILES string of the molecule is C[C@H](OC(=O)c1ccc(N2C(=O)[C@@H]3[C@H]4C=C[C@@H]([C@@H]5C[C@@H]45)[C@H]3C2=O)cc1)C(=O)c1ccccc1. The molecule has 1 heterocycles. The molecular weight excluding hydrogens is 418 g/mol. The van der Waals surface area contributed by atoms with Crippen LogP contribution < -0.4 is 4.90 Å². The van der Waals surface area contributed by atoms with Gasteiger partial charge in [0.15, 0.2) is 6.10 Å². The van der Waals surface area contributed by atoms with Crippen molar-refractivity contribution in [2.75, 3.05) is 4.90 Å². The van der Waals surface area contributed by atoms with Gasteiger partial charge in [-0.3, -0.25) is 19.3 Å². The standard InChI is InChI=1S/C27H23NO5/c1-14(24(29)15-5-3-2-4-6-15)33-27(32)16-7-9-17(10-8-16)28-25(30)22-18-11-12-19(21-13-20(18)21)23(22)26(28)31/h2-12,14,18-23H,13H2,1H3/t14-,18-,19-,20-,21-,22+,23+/m0/s1. The van der Waals surface area contributed by atoms with E-state index in [1.165, 1.54) is 24.0 Å². The summed E-state index contributed by atoms with van der Waals surface area (Å²) in [5, 5.41) is 0. The third-order valence-corrected chi connectivity index (χ3v) is 7.74. The van der Waals surface area contributed by atoms with E-state index >= 15 is 0 Å². The van der Waals surface area contributed by atoms with E-state index in [9.17, 15) is 19.2 Å². The van der Waals surface area contributed by atoms with E-state index in [2.05, 4.69) is 12.2 Å². The highest BCUT2D eigenvalue weighted by Crippen LogP contribution is 2.65. The summed E-state index contributed by atoms with van der Waals surface area (Å²) in [6.07, 6.45) is 4.48. The Hall–Kier alpha value is -3.54. The fourth-order valence-corrected chi connectivity index (χ4v) is 6.08. The van der Waals surface area contributed by atoms with Gasteiger partial charge in [-0.25, -0.2) is 4.79 Å². The summed E-state index contributed by atoms with van der Waals surface area (Å²) in [5.74, 6) is -0.248. The summed E-state index contributed by atoms with van der Waals surface area (Å²) in [6.45, 7) is 1.54. The minimum absolute atomic E-state index is 0.132. The summed E-state index contributed by atoms with van der Waals surface area (Å²) in [4.78, 5) is 52.8. The predicted molar refractivity (Wildman–Crippen MR) is 119 cm³/mol. The number of amides is 2. The van der Waals surface area contributed by atoms with Crippen LogP contribution in [0.15, 0.2) is 66.7 Å². The highest BCUT2D eigenvalue weighted by molar-refractivity contribution is 6.22. The number of carbonyl (C=O) groups excluding carboxylic acids is 4. The maximum absolute atomic E-state index is 13.2. The Balaban J connectivity index is 1.17. The van der Waals surface area contributed by atoms with Gasteiger partial charge in [0.1, 0.15) is 0 Å². The van der Waals surface area contributed by atoms with Crippen LogP contribution in [0, 0.1) is 35.5 Å². The van der Waals surface area contributed by atoms with Crippen LogP contribution >= 0.6 is 0 Å². The molecule has 6 nitrogen and oxygen atoms in total. The molecule has 2 aromatic rings. The maximum Gasteiger partial charge on any atom is 0.338 e. The molecule has 2 bridgehead atoms. The first-order valence-electron chi connectivity index (χ1n) is 11.4. The number of hydrogen-bond donors (Lipinski definition) is 0. The number of hydrogen-bond acceptors (Lipinski definition) is 5. The number of imide groups is 1. The molecule has 7 rings (SSSR count). The van der Waals surface area contributed by atoms with Crippen molar-refractivity contribution in [3.05, 3.63) is 77.9 Å². The first kappa shape index (κ1) is 20.1. The van der Waals surface area contributed by atoms with Crippen LogP contribution in [-0.2, 0) is 14.3 Å². The third-order valence-electron chi connectivity index (χ3n) is 7.74. The Labute approximate surface area is 191 Å². The average Bonchev–Trinajstić information content (AvgIpc) is 3.62. The molecule has 0 unspecified atom stereocenters. The zero-order valence-electron chi connectivity index (χ0n) is 18.1.